The molecule has 5 unspecified atom stereocenters. The van der Waals surface area contributed by atoms with Crippen LogP contribution in [0.3, 0.4) is 0 Å². The second-order valence-electron chi connectivity index (χ2n) is 7.56. The average Bonchev–Trinajstić information content (AvgIpc) is 2.49. The molecule has 16 heavy (non-hydrogen) atoms. The van der Waals surface area contributed by atoms with E-state index in [-0.39, 0.29) is 0 Å². The van der Waals surface area contributed by atoms with Crippen LogP contribution >= 0.6 is 0 Å². The van der Waals surface area contributed by atoms with Gasteiger partial charge in [0.15, 0.2) is 0 Å². The fraction of sp³-hybridized carbons (Fsp3) is 1.00. The summed E-state index contributed by atoms with van der Waals surface area (Å²) in [6.45, 7) is 5.19. The first kappa shape index (κ1) is 11.2. The molecule has 0 aliphatic heterocycles. The third-order valence-electron chi connectivity index (χ3n) is 6.45. The van der Waals surface area contributed by atoms with Crippen LogP contribution in [0, 0.1) is 29.1 Å². The normalized spacial score (nSPS) is 50.8. The Morgan fingerprint density at radius 3 is 2.38 bits per heavy atom. The molecule has 0 aromatic rings. The minimum absolute atomic E-state index is 0.657. The van der Waals surface area contributed by atoms with E-state index in [0.29, 0.717) is 5.41 Å². The molecule has 1 heteroatoms. The molecule has 0 radical (unpaired) electrons. The van der Waals surface area contributed by atoms with Gasteiger partial charge in [0.05, 0.1) is 0 Å². The van der Waals surface area contributed by atoms with Gasteiger partial charge in [-0.2, -0.15) is 0 Å². The van der Waals surface area contributed by atoms with Crippen molar-refractivity contribution in [3.8, 4) is 0 Å². The van der Waals surface area contributed by atoms with Gasteiger partial charge in [-0.1, -0.05) is 51.8 Å². The monoisotopic (exact) mass is 218 g/mol. The zero-order valence-electron chi connectivity index (χ0n) is 11.3. The Morgan fingerprint density at radius 2 is 1.56 bits per heavy atom. The first-order valence-corrected chi connectivity index (χ1v) is 7.60. The standard InChI is InChI=1S/C15H27B/c1-15(2)13-6-4-3-5-11(13)12-8-7-10(16)9-14(12)15/h10-14H,3-9,16H2,1-2H3. The van der Waals surface area contributed by atoms with Gasteiger partial charge < -0.3 is 0 Å². The van der Waals surface area contributed by atoms with E-state index < -0.39 is 0 Å². The summed E-state index contributed by atoms with van der Waals surface area (Å²) in [5, 5.41) is 0. The van der Waals surface area contributed by atoms with Crippen molar-refractivity contribution in [1.82, 2.24) is 0 Å². The van der Waals surface area contributed by atoms with E-state index in [4.69, 9.17) is 0 Å². The molecule has 3 saturated carbocycles. The molecule has 0 aromatic carbocycles. The Bertz CT molecular complexity index is 271. The van der Waals surface area contributed by atoms with Gasteiger partial charge in [-0.15, -0.1) is 0 Å². The Morgan fingerprint density at radius 1 is 0.875 bits per heavy atom. The van der Waals surface area contributed by atoms with Crippen molar-refractivity contribution in [3.63, 3.8) is 0 Å². The Hall–Kier alpha value is 0.0649. The number of fused-ring (bicyclic) bond motifs is 3. The molecule has 0 nitrogen and oxygen atoms in total. The van der Waals surface area contributed by atoms with E-state index in [9.17, 15) is 0 Å². The average molecular weight is 218 g/mol. The van der Waals surface area contributed by atoms with Gasteiger partial charge in [-0.05, 0) is 41.9 Å². The highest BCUT2D eigenvalue weighted by atomic mass is 14.6. The third-order valence-corrected chi connectivity index (χ3v) is 6.45. The quantitative estimate of drug-likeness (QED) is 0.544. The van der Waals surface area contributed by atoms with Crippen LogP contribution in [0.4, 0.5) is 0 Å². The van der Waals surface area contributed by atoms with Crippen molar-refractivity contribution in [3.05, 3.63) is 0 Å². The number of hydrogen-bond acceptors (Lipinski definition) is 0. The Balaban J connectivity index is 1.89. The summed E-state index contributed by atoms with van der Waals surface area (Å²) in [6.07, 6.45) is 10.7. The van der Waals surface area contributed by atoms with E-state index in [2.05, 4.69) is 21.7 Å². The van der Waals surface area contributed by atoms with E-state index in [1.54, 1.807) is 19.3 Å². The predicted octanol–water partition coefficient (Wildman–Crippen LogP) is 3.67. The highest BCUT2D eigenvalue weighted by molar-refractivity contribution is 6.11. The summed E-state index contributed by atoms with van der Waals surface area (Å²) in [7, 11) is 2.48. The molecule has 0 heterocycles. The molecule has 0 aromatic heterocycles. The van der Waals surface area contributed by atoms with Crippen molar-refractivity contribution in [2.24, 2.45) is 29.1 Å². The smallest absolute Gasteiger partial charge is 0.0694 e. The summed E-state index contributed by atoms with van der Waals surface area (Å²) < 4.78 is 0. The van der Waals surface area contributed by atoms with Gasteiger partial charge in [0.25, 0.3) is 0 Å². The van der Waals surface area contributed by atoms with Gasteiger partial charge in [0.2, 0.25) is 0 Å². The zero-order chi connectivity index (χ0) is 11.3. The maximum Gasteiger partial charge on any atom is 0.105 e. The molecule has 0 spiro atoms. The fourth-order valence-corrected chi connectivity index (χ4v) is 5.64. The molecular formula is C15H27B. The van der Waals surface area contributed by atoms with Gasteiger partial charge in [-0.3, -0.25) is 0 Å². The topological polar surface area (TPSA) is 0 Å². The lowest BCUT2D eigenvalue weighted by Crippen LogP contribution is -2.30. The van der Waals surface area contributed by atoms with Crippen LogP contribution in [0.25, 0.3) is 0 Å². The van der Waals surface area contributed by atoms with Crippen LogP contribution in [-0.4, -0.2) is 7.85 Å². The molecule has 3 aliphatic carbocycles. The van der Waals surface area contributed by atoms with E-state index in [0.717, 1.165) is 29.5 Å². The molecule has 3 rings (SSSR count). The zero-order valence-corrected chi connectivity index (χ0v) is 11.3. The molecule has 3 aliphatic rings. The van der Waals surface area contributed by atoms with Gasteiger partial charge in [0.1, 0.15) is 7.85 Å². The molecular weight excluding hydrogens is 191 g/mol. The second-order valence-corrected chi connectivity index (χ2v) is 7.56. The molecule has 0 N–H and O–H groups in total. The lowest BCUT2D eigenvalue weighted by Gasteiger charge is -2.39. The first-order chi connectivity index (χ1) is 7.60. The minimum atomic E-state index is 0.657. The summed E-state index contributed by atoms with van der Waals surface area (Å²) in [5.41, 5.74) is 0.657. The molecule has 90 valence electrons. The van der Waals surface area contributed by atoms with Crippen molar-refractivity contribution in [2.75, 3.05) is 0 Å². The SMILES string of the molecule is BC1CCC2C3CCCCC3C(C)(C)C2C1. The molecule has 5 atom stereocenters. The minimum Gasteiger partial charge on any atom is -0.0694 e. The van der Waals surface area contributed by atoms with Crippen molar-refractivity contribution >= 4 is 7.85 Å². The maximum atomic E-state index is 2.60. The van der Waals surface area contributed by atoms with E-state index in [1.165, 1.54) is 25.7 Å². The van der Waals surface area contributed by atoms with Gasteiger partial charge in [-0.25, -0.2) is 0 Å². The van der Waals surface area contributed by atoms with Gasteiger partial charge >= 0.3 is 0 Å². The lowest BCUT2D eigenvalue weighted by atomic mass is 9.62. The number of hydrogen-bond donors (Lipinski definition) is 0. The highest BCUT2D eigenvalue weighted by Crippen LogP contribution is 2.63. The molecule has 0 saturated heterocycles. The lowest BCUT2D eigenvalue weighted by molar-refractivity contribution is 0.125. The molecule has 0 amide bonds. The maximum absolute atomic E-state index is 2.60. The van der Waals surface area contributed by atoms with Crippen LogP contribution in [0.2, 0.25) is 5.82 Å². The molecule has 3 fully saturated rings. The van der Waals surface area contributed by atoms with Crippen LogP contribution in [-0.2, 0) is 0 Å². The third kappa shape index (κ3) is 1.50. The van der Waals surface area contributed by atoms with Crippen molar-refractivity contribution in [2.45, 2.75) is 64.6 Å². The Labute approximate surface area is 102 Å². The van der Waals surface area contributed by atoms with Crippen LogP contribution in [0.5, 0.6) is 0 Å². The largest absolute Gasteiger partial charge is 0.105 e. The summed E-state index contributed by atoms with van der Waals surface area (Å²) in [5.74, 6) is 5.35. The van der Waals surface area contributed by atoms with Crippen LogP contribution in [0.1, 0.15) is 58.8 Å². The van der Waals surface area contributed by atoms with Crippen LogP contribution in [0.15, 0.2) is 0 Å². The summed E-state index contributed by atoms with van der Waals surface area (Å²) >= 11 is 0. The fourth-order valence-electron chi connectivity index (χ4n) is 5.64. The summed E-state index contributed by atoms with van der Waals surface area (Å²) in [6, 6.07) is 0. The Kier molecular flexibility index (Phi) is 2.64. The highest BCUT2D eigenvalue weighted by Gasteiger charge is 2.55. The van der Waals surface area contributed by atoms with Crippen molar-refractivity contribution < 1.29 is 0 Å². The van der Waals surface area contributed by atoms with E-state index >= 15 is 0 Å². The first-order valence-electron chi connectivity index (χ1n) is 7.60. The number of rotatable bonds is 0. The summed E-state index contributed by atoms with van der Waals surface area (Å²) in [4.78, 5) is 0. The second kappa shape index (κ2) is 3.78. The van der Waals surface area contributed by atoms with Crippen LogP contribution < -0.4 is 0 Å². The van der Waals surface area contributed by atoms with Gasteiger partial charge in [0, 0.05) is 0 Å². The molecule has 0 bridgehead atoms. The van der Waals surface area contributed by atoms with Crippen molar-refractivity contribution in [1.29, 1.82) is 0 Å². The predicted molar refractivity (Wildman–Crippen MR) is 72.4 cm³/mol. The van der Waals surface area contributed by atoms with E-state index in [1.807, 2.05) is 0 Å².